The van der Waals surface area contributed by atoms with Gasteiger partial charge in [0.15, 0.2) is 0 Å². The summed E-state index contributed by atoms with van der Waals surface area (Å²) in [5.41, 5.74) is 0. The van der Waals surface area contributed by atoms with Crippen molar-refractivity contribution in [3.63, 3.8) is 0 Å². The van der Waals surface area contributed by atoms with Crippen molar-refractivity contribution in [2.24, 2.45) is 0 Å². The normalized spacial score (nSPS) is 29.7. The molecule has 0 aromatic heterocycles. The highest BCUT2D eigenvalue weighted by molar-refractivity contribution is 9.09. The van der Waals surface area contributed by atoms with Crippen LogP contribution in [0.15, 0.2) is 24.3 Å². The van der Waals surface area contributed by atoms with Crippen LogP contribution in [0.3, 0.4) is 0 Å². The van der Waals surface area contributed by atoms with Crippen LogP contribution in [0.5, 0.6) is 0 Å². The van der Waals surface area contributed by atoms with E-state index in [1.807, 2.05) is 22.0 Å². The van der Waals surface area contributed by atoms with Gasteiger partial charge in [0.1, 0.15) is 0 Å². The minimum Gasteiger partial charge on any atom is -0.315 e. The topological polar surface area (TPSA) is 23.6 Å². The van der Waals surface area contributed by atoms with E-state index in [0.717, 1.165) is 13.1 Å². The first-order chi connectivity index (χ1) is 8.50. The number of hydrogen-bond donors (Lipinski definition) is 0. The molecule has 0 spiro atoms. The van der Waals surface area contributed by atoms with Gasteiger partial charge in [-0.25, -0.2) is 4.79 Å². The molecule has 1 fully saturated rings. The van der Waals surface area contributed by atoms with E-state index in [0.29, 0.717) is 9.65 Å². The molecule has 2 aliphatic rings. The third-order valence-electron chi connectivity index (χ3n) is 3.19. The van der Waals surface area contributed by atoms with E-state index in [1.54, 1.807) is 0 Å². The minimum absolute atomic E-state index is 0.138. The highest BCUT2D eigenvalue weighted by atomic mass is 79.9. The first-order valence-electron chi connectivity index (χ1n) is 6.21. The van der Waals surface area contributed by atoms with Crippen molar-refractivity contribution in [2.45, 2.75) is 35.6 Å². The number of rotatable bonds is 4. The summed E-state index contributed by atoms with van der Waals surface area (Å²) < 4.78 is 0. The number of amides is 2. The molecule has 4 unspecified atom stereocenters. The Balaban J connectivity index is 2.20. The predicted molar refractivity (Wildman–Crippen MR) is 81.4 cm³/mol. The first-order valence-corrected chi connectivity index (χ1v) is 8.04. The lowest BCUT2D eigenvalue weighted by molar-refractivity contribution is 0.189. The van der Waals surface area contributed by atoms with E-state index in [-0.39, 0.29) is 18.1 Å². The summed E-state index contributed by atoms with van der Waals surface area (Å²) in [6.07, 6.45) is 8.30. The fourth-order valence-electron chi connectivity index (χ4n) is 2.52. The molecule has 100 valence electrons. The molecule has 1 heterocycles. The molecule has 18 heavy (non-hydrogen) atoms. The maximum atomic E-state index is 12.5. The van der Waals surface area contributed by atoms with E-state index < -0.39 is 0 Å². The predicted octanol–water partition coefficient (Wildman–Crippen LogP) is 3.15. The monoisotopic (exact) mass is 376 g/mol. The molecule has 0 bridgehead atoms. The summed E-state index contributed by atoms with van der Waals surface area (Å²) in [6, 6.07) is 0.487. The molecule has 0 radical (unpaired) electrons. The number of hydrogen-bond acceptors (Lipinski definition) is 1. The van der Waals surface area contributed by atoms with Gasteiger partial charge >= 0.3 is 6.03 Å². The lowest BCUT2D eigenvalue weighted by atomic mass is 10.0. The second-order valence-corrected chi connectivity index (χ2v) is 8.03. The Morgan fingerprint density at radius 3 is 1.78 bits per heavy atom. The van der Waals surface area contributed by atoms with Crippen molar-refractivity contribution >= 4 is 37.9 Å². The zero-order valence-corrected chi connectivity index (χ0v) is 13.8. The fourth-order valence-corrected chi connectivity index (χ4v) is 3.15. The number of carbonyl (C=O) groups is 1. The lowest BCUT2D eigenvalue weighted by Crippen LogP contribution is -2.38. The van der Waals surface area contributed by atoms with Crippen molar-refractivity contribution < 1.29 is 4.79 Å². The number of halogens is 2. The third kappa shape index (κ3) is 2.82. The summed E-state index contributed by atoms with van der Waals surface area (Å²) in [4.78, 5) is 17.0. The smallest absolute Gasteiger partial charge is 0.315 e. The summed E-state index contributed by atoms with van der Waals surface area (Å²) in [5.74, 6) is 0. The van der Waals surface area contributed by atoms with Crippen LogP contribution in [0.2, 0.25) is 0 Å². The number of urea groups is 1. The van der Waals surface area contributed by atoms with Crippen LogP contribution in [0, 0.1) is 0 Å². The van der Waals surface area contributed by atoms with Crippen LogP contribution in [0.1, 0.15) is 13.8 Å². The second kappa shape index (κ2) is 5.78. The number of alkyl halides is 2. The van der Waals surface area contributed by atoms with Gasteiger partial charge in [-0.3, -0.25) is 0 Å². The quantitative estimate of drug-likeness (QED) is 0.690. The van der Waals surface area contributed by atoms with E-state index in [2.05, 4.69) is 57.9 Å². The zero-order valence-electron chi connectivity index (χ0n) is 10.6. The molecule has 2 rings (SSSR count). The molecular weight excluding hydrogens is 360 g/mol. The van der Waals surface area contributed by atoms with Crippen LogP contribution in [0.25, 0.3) is 0 Å². The van der Waals surface area contributed by atoms with Crippen LogP contribution in [-0.2, 0) is 0 Å². The Kier molecular flexibility index (Phi) is 4.54. The van der Waals surface area contributed by atoms with Gasteiger partial charge in [-0.05, 0) is 0 Å². The van der Waals surface area contributed by atoms with E-state index in [4.69, 9.17) is 0 Å². The molecule has 1 aliphatic heterocycles. The van der Waals surface area contributed by atoms with Crippen LogP contribution in [-0.4, -0.2) is 50.7 Å². The minimum atomic E-state index is 0.138. The van der Waals surface area contributed by atoms with Crippen LogP contribution in [0.4, 0.5) is 4.79 Å². The largest absolute Gasteiger partial charge is 0.321 e. The lowest BCUT2D eigenvalue weighted by Gasteiger charge is -2.25. The van der Waals surface area contributed by atoms with Crippen LogP contribution < -0.4 is 0 Å². The molecule has 0 aromatic rings. The number of allylic oxidation sites excluding steroid dienone is 2. The summed E-state index contributed by atoms with van der Waals surface area (Å²) in [6.45, 7) is 5.62. The van der Waals surface area contributed by atoms with Gasteiger partial charge in [-0.15, -0.1) is 0 Å². The van der Waals surface area contributed by atoms with Crippen molar-refractivity contribution in [1.82, 2.24) is 9.80 Å². The van der Waals surface area contributed by atoms with Crippen LogP contribution >= 0.6 is 31.9 Å². The Labute approximate surface area is 125 Å². The van der Waals surface area contributed by atoms with Crippen molar-refractivity contribution in [3.8, 4) is 0 Å². The molecule has 0 saturated carbocycles. The average Bonchev–Trinajstić information content (AvgIpc) is 2.54. The van der Waals surface area contributed by atoms with Crippen molar-refractivity contribution in [1.29, 1.82) is 0 Å². The Bertz CT molecular complexity index is 345. The summed E-state index contributed by atoms with van der Waals surface area (Å²) >= 11 is 7.07. The number of fused-ring (bicyclic) bond motifs is 1. The third-order valence-corrected chi connectivity index (χ3v) is 3.76. The number of nitrogens with zero attached hydrogens (tertiary/aromatic N) is 2. The molecule has 2 amide bonds. The second-order valence-electron chi connectivity index (χ2n) is 4.90. The number of carbonyl (C=O) groups excluding carboxylic acids is 1. The first kappa shape index (κ1) is 14.1. The SMILES string of the molecule is CC(Br)CN1C(=O)N(CC(C)Br)C2C=CC=CC21. The maximum Gasteiger partial charge on any atom is 0.321 e. The van der Waals surface area contributed by atoms with Gasteiger partial charge in [-0.1, -0.05) is 70.0 Å². The zero-order chi connectivity index (χ0) is 13.3. The molecule has 1 saturated heterocycles. The van der Waals surface area contributed by atoms with E-state index in [9.17, 15) is 4.79 Å². The molecule has 1 aliphatic carbocycles. The van der Waals surface area contributed by atoms with Crippen molar-refractivity contribution in [3.05, 3.63) is 24.3 Å². The fraction of sp³-hybridized carbons (Fsp3) is 0.615. The van der Waals surface area contributed by atoms with Gasteiger partial charge < -0.3 is 9.80 Å². The van der Waals surface area contributed by atoms with E-state index in [1.165, 1.54) is 0 Å². The van der Waals surface area contributed by atoms with Gasteiger partial charge in [0.2, 0.25) is 0 Å². The van der Waals surface area contributed by atoms with Gasteiger partial charge in [-0.2, -0.15) is 0 Å². The maximum absolute atomic E-state index is 12.5. The van der Waals surface area contributed by atoms with E-state index >= 15 is 0 Å². The Hall–Kier alpha value is -0.290. The van der Waals surface area contributed by atoms with Crippen molar-refractivity contribution in [2.75, 3.05) is 13.1 Å². The molecule has 3 nitrogen and oxygen atoms in total. The summed E-state index contributed by atoms with van der Waals surface area (Å²) in [7, 11) is 0. The Morgan fingerprint density at radius 2 is 1.44 bits per heavy atom. The van der Waals surface area contributed by atoms with Gasteiger partial charge in [0.05, 0.1) is 12.1 Å². The molecule has 4 atom stereocenters. The van der Waals surface area contributed by atoms with Gasteiger partial charge in [0, 0.05) is 22.7 Å². The average molecular weight is 378 g/mol. The molecule has 0 N–H and O–H groups in total. The molecule has 5 heteroatoms. The molecule has 0 aromatic carbocycles. The Morgan fingerprint density at radius 1 is 1.06 bits per heavy atom. The van der Waals surface area contributed by atoms with Gasteiger partial charge in [0.25, 0.3) is 0 Å². The standard InChI is InChI=1S/C13H18Br2N2O/c1-9(14)7-16-11-5-3-4-6-12(11)17(13(16)18)8-10(2)15/h3-6,9-12H,7-8H2,1-2H3. The molecular formula is C13H18Br2N2O. The highest BCUT2D eigenvalue weighted by Gasteiger charge is 2.43. The summed E-state index contributed by atoms with van der Waals surface area (Å²) in [5, 5.41) is 0. The highest BCUT2D eigenvalue weighted by Crippen LogP contribution is 2.29.